The number of rotatable bonds is 3. The Morgan fingerprint density at radius 3 is 2.81 bits per heavy atom. The van der Waals surface area contributed by atoms with E-state index in [1.54, 1.807) is 0 Å². The Labute approximate surface area is 103 Å². The molecule has 1 aliphatic carbocycles. The zero-order valence-corrected chi connectivity index (χ0v) is 10.9. The van der Waals surface area contributed by atoms with Crippen LogP contribution in [0.5, 0.6) is 0 Å². The lowest BCUT2D eigenvalue weighted by Crippen LogP contribution is -2.48. The van der Waals surface area contributed by atoms with Gasteiger partial charge in [0.2, 0.25) is 0 Å². The van der Waals surface area contributed by atoms with Crippen LogP contribution in [0.25, 0.3) is 0 Å². The summed E-state index contributed by atoms with van der Waals surface area (Å²) >= 11 is 4.97. The van der Waals surface area contributed by atoms with Gasteiger partial charge in [-0.2, -0.15) is 0 Å². The van der Waals surface area contributed by atoms with Gasteiger partial charge in [0.05, 0.1) is 10.6 Å². The first-order chi connectivity index (χ1) is 7.61. The summed E-state index contributed by atoms with van der Waals surface area (Å²) in [6, 6.07) is 0.591. The first-order valence-corrected chi connectivity index (χ1v) is 6.65. The molecule has 1 heterocycles. The molecule has 0 amide bonds. The first kappa shape index (κ1) is 12.3. The van der Waals surface area contributed by atoms with Crippen LogP contribution in [0.2, 0.25) is 0 Å². The fourth-order valence-corrected chi connectivity index (χ4v) is 3.32. The average molecular weight is 242 g/mol. The minimum atomic E-state index is 0.188. The van der Waals surface area contributed by atoms with E-state index >= 15 is 0 Å². The molecular weight excluding hydrogens is 220 g/mol. The highest BCUT2D eigenvalue weighted by Gasteiger charge is 2.40. The maximum absolute atomic E-state index is 6.02. The number of hydrogen-bond donors (Lipinski definition) is 1. The lowest BCUT2D eigenvalue weighted by Gasteiger charge is -2.41. The zero-order valence-electron chi connectivity index (χ0n) is 10.1. The van der Waals surface area contributed by atoms with E-state index in [0.717, 1.165) is 26.0 Å². The van der Waals surface area contributed by atoms with E-state index in [-0.39, 0.29) is 5.60 Å². The van der Waals surface area contributed by atoms with Gasteiger partial charge in [-0.25, -0.2) is 0 Å². The number of hydrogen-bond acceptors (Lipinski definition) is 3. The second-order valence-electron chi connectivity index (χ2n) is 5.27. The van der Waals surface area contributed by atoms with Crippen molar-refractivity contribution in [3.8, 4) is 0 Å². The minimum Gasteiger partial charge on any atom is -0.392 e. The van der Waals surface area contributed by atoms with Crippen molar-refractivity contribution in [2.45, 2.75) is 50.2 Å². The highest BCUT2D eigenvalue weighted by molar-refractivity contribution is 7.80. The van der Waals surface area contributed by atoms with Crippen LogP contribution in [-0.2, 0) is 4.74 Å². The van der Waals surface area contributed by atoms with Crippen LogP contribution in [0, 0.1) is 0 Å². The van der Waals surface area contributed by atoms with Crippen LogP contribution < -0.4 is 5.73 Å². The molecule has 3 nitrogen and oxygen atoms in total. The van der Waals surface area contributed by atoms with E-state index in [4.69, 9.17) is 22.7 Å². The molecule has 1 saturated carbocycles. The van der Waals surface area contributed by atoms with Gasteiger partial charge < -0.3 is 10.5 Å². The molecule has 0 aromatic carbocycles. The third-order valence-electron chi connectivity index (χ3n) is 4.01. The quantitative estimate of drug-likeness (QED) is 0.765. The van der Waals surface area contributed by atoms with Crippen LogP contribution in [0.15, 0.2) is 0 Å². The number of nitrogens with zero attached hydrogens (tertiary/aromatic N) is 1. The summed E-state index contributed by atoms with van der Waals surface area (Å²) in [7, 11) is 2.12. The fourth-order valence-electron chi connectivity index (χ4n) is 3.12. The molecule has 0 radical (unpaired) electrons. The molecule has 2 N–H and O–H groups in total. The summed E-state index contributed by atoms with van der Waals surface area (Å²) in [5, 5.41) is 0. The Hall–Kier alpha value is -0.190. The van der Waals surface area contributed by atoms with Crippen molar-refractivity contribution >= 4 is 17.2 Å². The van der Waals surface area contributed by atoms with Crippen LogP contribution in [0.3, 0.4) is 0 Å². The second-order valence-corrected chi connectivity index (χ2v) is 5.79. The van der Waals surface area contributed by atoms with Crippen LogP contribution >= 0.6 is 12.2 Å². The summed E-state index contributed by atoms with van der Waals surface area (Å²) in [6.07, 6.45) is 7.40. The predicted octanol–water partition coefficient (Wildman–Crippen LogP) is 1.70. The summed E-state index contributed by atoms with van der Waals surface area (Å²) in [4.78, 5) is 2.89. The smallest absolute Gasteiger partial charge is 0.0870 e. The molecular formula is C12H22N2OS. The molecule has 16 heavy (non-hydrogen) atoms. The Kier molecular flexibility index (Phi) is 3.82. The van der Waals surface area contributed by atoms with E-state index in [1.165, 1.54) is 25.7 Å². The van der Waals surface area contributed by atoms with Gasteiger partial charge in [0.15, 0.2) is 0 Å². The van der Waals surface area contributed by atoms with E-state index < -0.39 is 0 Å². The molecule has 1 aliphatic heterocycles. The van der Waals surface area contributed by atoms with Crippen molar-refractivity contribution in [1.29, 1.82) is 0 Å². The Morgan fingerprint density at radius 1 is 1.50 bits per heavy atom. The van der Waals surface area contributed by atoms with Crippen LogP contribution in [0.1, 0.15) is 38.5 Å². The van der Waals surface area contributed by atoms with Gasteiger partial charge in [-0.15, -0.1) is 0 Å². The van der Waals surface area contributed by atoms with Gasteiger partial charge in [-0.1, -0.05) is 25.1 Å². The van der Waals surface area contributed by atoms with E-state index in [1.807, 2.05) is 0 Å². The maximum Gasteiger partial charge on any atom is 0.0870 e. The summed E-state index contributed by atoms with van der Waals surface area (Å²) in [5.41, 5.74) is 5.79. The molecule has 2 aliphatic rings. The standard InChI is InChI=1S/C12H22N2OS/c1-14(9-11(13)16)10-4-7-15-12(8-10)5-2-3-6-12/h10H,2-9H2,1H3,(H2,13,16). The molecule has 0 bridgehead atoms. The van der Waals surface area contributed by atoms with Crippen LogP contribution in [0.4, 0.5) is 0 Å². The van der Waals surface area contributed by atoms with E-state index in [9.17, 15) is 0 Å². The van der Waals surface area contributed by atoms with Gasteiger partial charge in [-0.3, -0.25) is 4.90 Å². The molecule has 1 spiro atoms. The Morgan fingerprint density at radius 2 is 2.19 bits per heavy atom. The number of ether oxygens (including phenoxy) is 1. The molecule has 0 aromatic rings. The molecule has 4 heteroatoms. The topological polar surface area (TPSA) is 38.5 Å². The van der Waals surface area contributed by atoms with Gasteiger partial charge in [0.1, 0.15) is 0 Å². The maximum atomic E-state index is 6.02. The van der Waals surface area contributed by atoms with E-state index in [2.05, 4.69) is 11.9 Å². The molecule has 1 saturated heterocycles. The highest BCUT2D eigenvalue weighted by Crippen LogP contribution is 2.40. The zero-order chi connectivity index (χ0) is 11.6. The monoisotopic (exact) mass is 242 g/mol. The second kappa shape index (κ2) is 4.98. The largest absolute Gasteiger partial charge is 0.392 e. The molecule has 1 unspecified atom stereocenters. The predicted molar refractivity (Wildman–Crippen MR) is 69.6 cm³/mol. The normalized spacial score (nSPS) is 28.8. The molecule has 92 valence electrons. The van der Waals surface area contributed by atoms with Crippen molar-refractivity contribution < 1.29 is 4.74 Å². The SMILES string of the molecule is CN(CC(N)=S)C1CCOC2(CCCC2)C1. The third-order valence-corrected chi connectivity index (χ3v) is 4.14. The molecule has 2 fully saturated rings. The number of likely N-dealkylation sites (N-methyl/N-ethyl adjacent to an activating group) is 1. The van der Waals surface area contributed by atoms with Crippen molar-refractivity contribution in [2.24, 2.45) is 5.73 Å². The van der Waals surface area contributed by atoms with Crippen molar-refractivity contribution in [2.75, 3.05) is 20.2 Å². The first-order valence-electron chi connectivity index (χ1n) is 6.24. The van der Waals surface area contributed by atoms with Crippen molar-refractivity contribution in [3.05, 3.63) is 0 Å². The third kappa shape index (κ3) is 2.73. The lowest BCUT2D eigenvalue weighted by atomic mass is 9.88. The number of nitrogens with two attached hydrogens (primary N) is 1. The Bertz CT molecular complexity index is 264. The molecule has 0 aromatic heterocycles. The average Bonchev–Trinajstić information content (AvgIpc) is 2.65. The summed E-state index contributed by atoms with van der Waals surface area (Å²) in [5.74, 6) is 0. The summed E-state index contributed by atoms with van der Waals surface area (Å²) in [6.45, 7) is 1.63. The number of thiocarbonyl (C=S) groups is 1. The summed E-state index contributed by atoms with van der Waals surface area (Å²) < 4.78 is 6.02. The lowest BCUT2D eigenvalue weighted by molar-refractivity contribution is -0.0972. The Balaban J connectivity index is 1.93. The van der Waals surface area contributed by atoms with Gasteiger partial charge >= 0.3 is 0 Å². The molecule has 2 rings (SSSR count). The highest BCUT2D eigenvalue weighted by atomic mass is 32.1. The fraction of sp³-hybridized carbons (Fsp3) is 0.917. The molecule has 1 atom stereocenters. The van der Waals surface area contributed by atoms with E-state index in [0.29, 0.717) is 11.0 Å². The van der Waals surface area contributed by atoms with Gasteiger partial charge in [-0.05, 0) is 32.7 Å². The van der Waals surface area contributed by atoms with Crippen molar-refractivity contribution in [3.63, 3.8) is 0 Å². The van der Waals surface area contributed by atoms with Gasteiger partial charge in [0, 0.05) is 19.2 Å². The van der Waals surface area contributed by atoms with Gasteiger partial charge in [0.25, 0.3) is 0 Å². The van der Waals surface area contributed by atoms with Crippen LogP contribution in [-0.4, -0.2) is 41.7 Å². The minimum absolute atomic E-state index is 0.188. The van der Waals surface area contributed by atoms with Crippen molar-refractivity contribution in [1.82, 2.24) is 4.90 Å².